The van der Waals surface area contributed by atoms with Gasteiger partial charge in [-0.25, -0.2) is 9.97 Å². The molecule has 0 fully saturated rings. The molecular weight excluding hydrogens is 414 g/mol. The summed E-state index contributed by atoms with van der Waals surface area (Å²) in [5, 5.41) is 12.6. The number of esters is 1. The van der Waals surface area contributed by atoms with E-state index >= 15 is 0 Å². The molecule has 3 aromatic heterocycles. The molecule has 0 spiro atoms. The van der Waals surface area contributed by atoms with E-state index in [1.807, 2.05) is 26.0 Å². The van der Waals surface area contributed by atoms with Crippen molar-refractivity contribution in [3.8, 4) is 5.75 Å². The van der Waals surface area contributed by atoms with Crippen LogP contribution in [0, 0.1) is 5.92 Å². The highest BCUT2D eigenvalue weighted by molar-refractivity contribution is 7.19. The monoisotopic (exact) mass is 437 g/mol. The highest BCUT2D eigenvalue weighted by atomic mass is 32.1. The zero-order valence-corrected chi connectivity index (χ0v) is 18.2. The third kappa shape index (κ3) is 3.59. The molecule has 0 saturated heterocycles. The fourth-order valence-electron chi connectivity index (χ4n) is 4.14. The van der Waals surface area contributed by atoms with Gasteiger partial charge in [-0.2, -0.15) is 5.10 Å². The van der Waals surface area contributed by atoms with Crippen LogP contribution in [-0.2, 0) is 22.4 Å². The average Bonchev–Trinajstić information content (AvgIpc) is 3.37. The van der Waals surface area contributed by atoms with Crippen molar-refractivity contribution >= 4 is 49.9 Å². The van der Waals surface area contributed by atoms with Crippen LogP contribution >= 0.6 is 11.3 Å². The van der Waals surface area contributed by atoms with Crippen LogP contribution in [0.3, 0.4) is 0 Å². The van der Waals surface area contributed by atoms with Gasteiger partial charge in [-0.1, -0.05) is 0 Å². The van der Waals surface area contributed by atoms with E-state index in [0.29, 0.717) is 19.6 Å². The number of aryl methyl sites for hydroxylation is 1. The predicted octanol–water partition coefficient (Wildman–Crippen LogP) is 4.38. The summed E-state index contributed by atoms with van der Waals surface area (Å²) in [6.07, 6.45) is 5.64. The zero-order valence-electron chi connectivity index (χ0n) is 17.4. The SMILES string of the molecule is CCOC(=O)[C@H]1CCc2c(sc3ncnc(Nc4cc5cn[nH]c5cc4OCC)c23)C1. The van der Waals surface area contributed by atoms with Crippen molar-refractivity contribution in [3.05, 3.63) is 35.1 Å². The fourth-order valence-corrected chi connectivity index (χ4v) is 5.41. The number of carbonyl (C=O) groups excluding carboxylic acids is 1. The number of anilines is 2. The van der Waals surface area contributed by atoms with Gasteiger partial charge in [-0.3, -0.25) is 9.89 Å². The van der Waals surface area contributed by atoms with Crippen molar-refractivity contribution in [1.82, 2.24) is 20.2 Å². The lowest BCUT2D eigenvalue weighted by atomic mass is 9.88. The Bertz CT molecular complexity index is 1260. The van der Waals surface area contributed by atoms with E-state index in [9.17, 15) is 4.79 Å². The number of H-pyrrole nitrogens is 1. The number of fused-ring (bicyclic) bond motifs is 4. The van der Waals surface area contributed by atoms with Gasteiger partial charge in [-0.05, 0) is 44.7 Å². The highest BCUT2D eigenvalue weighted by Crippen LogP contribution is 2.41. The third-order valence-corrected chi connectivity index (χ3v) is 6.72. The van der Waals surface area contributed by atoms with Gasteiger partial charge in [0.1, 0.15) is 22.7 Å². The Hall–Kier alpha value is -3.20. The lowest BCUT2D eigenvalue weighted by molar-refractivity contribution is -0.148. The Kier molecular flexibility index (Phi) is 5.19. The Balaban J connectivity index is 1.53. The van der Waals surface area contributed by atoms with Gasteiger partial charge in [0.15, 0.2) is 0 Å². The van der Waals surface area contributed by atoms with Crippen molar-refractivity contribution in [2.75, 3.05) is 18.5 Å². The number of thiophene rings is 1. The summed E-state index contributed by atoms with van der Waals surface area (Å²) in [7, 11) is 0. The molecule has 0 aliphatic heterocycles. The molecule has 1 aliphatic rings. The molecule has 0 amide bonds. The lowest BCUT2D eigenvalue weighted by Gasteiger charge is -2.21. The van der Waals surface area contributed by atoms with E-state index in [4.69, 9.17) is 9.47 Å². The first-order valence-electron chi connectivity index (χ1n) is 10.5. The van der Waals surface area contributed by atoms with Crippen LogP contribution in [0.25, 0.3) is 21.1 Å². The maximum absolute atomic E-state index is 12.2. The van der Waals surface area contributed by atoms with Gasteiger partial charge >= 0.3 is 5.97 Å². The molecule has 0 bridgehead atoms. The number of nitrogens with one attached hydrogen (secondary N) is 2. The lowest BCUT2D eigenvalue weighted by Crippen LogP contribution is -2.23. The number of aromatic nitrogens is 4. The standard InChI is InChI=1S/C22H23N5O3S/c1-3-29-17-9-15-13(10-25-27-15)7-16(17)26-20-19-14-6-5-12(22(28)30-4-2)8-18(14)31-21(19)24-11-23-20/h7,9-12H,3-6,8H2,1-2H3,(H,25,27)(H,23,24,26)/t12-/m0/s1. The second kappa shape index (κ2) is 8.14. The quantitative estimate of drug-likeness (QED) is 0.432. The minimum absolute atomic E-state index is 0.0852. The molecule has 2 N–H and O–H groups in total. The summed E-state index contributed by atoms with van der Waals surface area (Å²) in [6.45, 7) is 4.77. The second-order valence-corrected chi connectivity index (χ2v) is 8.55. The van der Waals surface area contributed by atoms with Crippen molar-refractivity contribution in [2.24, 2.45) is 5.92 Å². The van der Waals surface area contributed by atoms with E-state index in [0.717, 1.165) is 51.2 Å². The topological polar surface area (TPSA) is 102 Å². The largest absolute Gasteiger partial charge is 0.492 e. The second-order valence-electron chi connectivity index (χ2n) is 7.46. The summed E-state index contributed by atoms with van der Waals surface area (Å²) >= 11 is 1.64. The summed E-state index contributed by atoms with van der Waals surface area (Å²) in [5.41, 5.74) is 2.97. The number of nitrogens with zero attached hydrogens (tertiary/aromatic N) is 3. The van der Waals surface area contributed by atoms with Crippen molar-refractivity contribution in [2.45, 2.75) is 33.1 Å². The van der Waals surface area contributed by atoms with Crippen LogP contribution in [0.15, 0.2) is 24.7 Å². The predicted molar refractivity (Wildman–Crippen MR) is 120 cm³/mol. The molecule has 31 heavy (non-hydrogen) atoms. The average molecular weight is 438 g/mol. The molecule has 5 rings (SSSR count). The van der Waals surface area contributed by atoms with Crippen molar-refractivity contribution in [3.63, 3.8) is 0 Å². The smallest absolute Gasteiger partial charge is 0.309 e. The summed E-state index contributed by atoms with van der Waals surface area (Å²) < 4.78 is 11.1. The van der Waals surface area contributed by atoms with E-state index in [1.165, 1.54) is 10.4 Å². The van der Waals surface area contributed by atoms with Gasteiger partial charge in [-0.15, -0.1) is 11.3 Å². The maximum atomic E-state index is 12.2. The van der Waals surface area contributed by atoms with Crippen LogP contribution in [0.1, 0.15) is 30.7 Å². The van der Waals surface area contributed by atoms with Crippen LogP contribution in [0.2, 0.25) is 0 Å². The molecule has 1 aliphatic carbocycles. The molecule has 3 heterocycles. The van der Waals surface area contributed by atoms with Crippen molar-refractivity contribution in [1.29, 1.82) is 0 Å². The minimum atomic E-state index is -0.107. The third-order valence-electron chi connectivity index (χ3n) is 5.56. The molecule has 0 saturated carbocycles. The van der Waals surface area contributed by atoms with Crippen LogP contribution < -0.4 is 10.1 Å². The number of hydrogen-bond acceptors (Lipinski definition) is 8. The first kappa shape index (κ1) is 19.7. The van der Waals surface area contributed by atoms with Crippen LogP contribution in [0.5, 0.6) is 5.75 Å². The number of hydrogen-bond donors (Lipinski definition) is 2. The van der Waals surface area contributed by atoms with Gasteiger partial charge in [0.25, 0.3) is 0 Å². The van der Waals surface area contributed by atoms with Crippen molar-refractivity contribution < 1.29 is 14.3 Å². The van der Waals surface area contributed by atoms with Crippen LogP contribution in [-0.4, -0.2) is 39.3 Å². The number of rotatable bonds is 6. The minimum Gasteiger partial charge on any atom is -0.492 e. The fraction of sp³-hybridized carbons (Fsp3) is 0.364. The number of aromatic amines is 1. The molecule has 160 valence electrons. The van der Waals surface area contributed by atoms with E-state index in [1.54, 1.807) is 23.9 Å². The number of benzene rings is 1. The molecule has 0 radical (unpaired) electrons. The first-order chi connectivity index (χ1) is 15.2. The van der Waals surface area contributed by atoms with E-state index < -0.39 is 0 Å². The Morgan fingerprint density at radius 3 is 3.03 bits per heavy atom. The molecule has 8 nitrogen and oxygen atoms in total. The number of ether oxygens (including phenoxy) is 2. The summed E-state index contributed by atoms with van der Waals surface area (Å²) in [4.78, 5) is 23.4. The van der Waals surface area contributed by atoms with Gasteiger partial charge in [0.2, 0.25) is 0 Å². The van der Waals surface area contributed by atoms with Gasteiger partial charge < -0.3 is 14.8 Å². The maximum Gasteiger partial charge on any atom is 0.309 e. The summed E-state index contributed by atoms with van der Waals surface area (Å²) in [5.74, 6) is 1.29. The normalized spacial score (nSPS) is 15.7. The Morgan fingerprint density at radius 1 is 1.29 bits per heavy atom. The number of carbonyl (C=O) groups is 1. The zero-order chi connectivity index (χ0) is 21.4. The van der Waals surface area contributed by atoms with Gasteiger partial charge in [0.05, 0.1) is 41.9 Å². The highest BCUT2D eigenvalue weighted by Gasteiger charge is 2.30. The Morgan fingerprint density at radius 2 is 2.19 bits per heavy atom. The van der Waals surface area contributed by atoms with E-state index in [2.05, 4.69) is 25.5 Å². The molecule has 1 atom stereocenters. The molecular formula is C22H23N5O3S. The first-order valence-corrected chi connectivity index (χ1v) is 11.3. The summed E-state index contributed by atoms with van der Waals surface area (Å²) in [6, 6.07) is 3.95. The van der Waals surface area contributed by atoms with Crippen LogP contribution in [0.4, 0.5) is 11.5 Å². The van der Waals surface area contributed by atoms with E-state index in [-0.39, 0.29) is 11.9 Å². The molecule has 9 heteroatoms. The Labute approximate surface area is 183 Å². The molecule has 4 aromatic rings. The molecule has 0 unspecified atom stereocenters. The molecule has 1 aromatic carbocycles. The van der Waals surface area contributed by atoms with Gasteiger partial charge in [0, 0.05) is 16.3 Å².